The quantitative estimate of drug-likeness (QED) is 0.614. The minimum absolute atomic E-state index is 0.127. The number of allylic oxidation sites excluding steroid dienone is 1. The van der Waals surface area contributed by atoms with Crippen molar-refractivity contribution in [3.8, 4) is 0 Å². The highest BCUT2D eigenvalue weighted by Crippen LogP contribution is 1.74. The van der Waals surface area contributed by atoms with E-state index in [0.717, 1.165) is 0 Å². The summed E-state index contributed by atoms with van der Waals surface area (Å²) < 4.78 is 10.5. The molecule has 0 fully saturated rings. The average Bonchev–Trinajstić information content (AvgIpc) is 1.87. The third kappa shape index (κ3) is 7.25. The largest absolute Gasteiger partial charge is 0.352 e. The van der Waals surface area contributed by atoms with Crippen molar-refractivity contribution in [2.45, 2.75) is 6.92 Å². The third-order valence-electron chi connectivity index (χ3n) is 1.01. The van der Waals surface area contributed by atoms with E-state index in [0.29, 0.717) is 12.3 Å². The number of carbonyl (C=O) groups excluding carboxylic acids is 1. The zero-order valence-electron chi connectivity index (χ0n) is 6.79. The topological polar surface area (TPSA) is 46.2 Å². The van der Waals surface area contributed by atoms with Crippen LogP contribution in [0.3, 0.4) is 0 Å². The van der Waals surface area contributed by atoms with E-state index < -0.39 is 10.8 Å². The maximum Gasteiger partial charge on any atom is 0.243 e. The highest BCUT2D eigenvalue weighted by Gasteiger charge is 1.93. The van der Waals surface area contributed by atoms with Crippen molar-refractivity contribution >= 4 is 16.7 Å². The van der Waals surface area contributed by atoms with E-state index >= 15 is 0 Å². The summed E-state index contributed by atoms with van der Waals surface area (Å²) in [6.07, 6.45) is 4.72. The minimum atomic E-state index is -0.825. The summed E-state index contributed by atoms with van der Waals surface area (Å²) in [6, 6.07) is 0. The van der Waals surface area contributed by atoms with E-state index in [4.69, 9.17) is 0 Å². The Morgan fingerprint density at radius 3 is 2.73 bits per heavy atom. The van der Waals surface area contributed by atoms with Gasteiger partial charge in [-0.25, -0.2) is 0 Å². The van der Waals surface area contributed by atoms with E-state index in [2.05, 4.69) is 5.32 Å². The molecular weight excluding hydrogens is 162 g/mol. The standard InChI is InChI=1S/C7H13NO2S/c1-3-4-7(9)8-5-6-11(2)10/h3-4H,5-6H2,1-2H3,(H,8,9)/b4-3+. The molecule has 3 nitrogen and oxygen atoms in total. The molecule has 0 aromatic rings. The van der Waals surface area contributed by atoms with E-state index in [-0.39, 0.29) is 5.91 Å². The molecule has 0 saturated heterocycles. The summed E-state index contributed by atoms with van der Waals surface area (Å²) in [7, 11) is -0.825. The van der Waals surface area contributed by atoms with Crippen molar-refractivity contribution in [3.05, 3.63) is 12.2 Å². The fourth-order valence-corrected chi connectivity index (χ4v) is 0.918. The number of hydrogen-bond acceptors (Lipinski definition) is 2. The highest BCUT2D eigenvalue weighted by atomic mass is 32.2. The SMILES string of the molecule is C/C=C/C(=O)NCCS(C)=O. The van der Waals surface area contributed by atoms with Crippen molar-refractivity contribution in [2.75, 3.05) is 18.6 Å². The first-order valence-electron chi connectivity index (χ1n) is 3.37. The Kier molecular flexibility index (Phi) is 5.74. The van der Waals surface area contributed by atoms with E-state index in [9.17, 15) is 9.00 Å². The molecule has 1 amide bonds. The van der Waals surface area contributed by atoms with Gasteiger partial charge in [0.2, 0.25) is 5.91 Å². The fraction of sp³-hybridized carbons (Fsp3) is 0.571. The molecule has 4 heteroatoms. The number of nitrogens with one attached hydrogen (secondary N) is 1. The monoisotopic (exact) mass is 175 g/mol. The second kappa shape index (κ2) is 6.09. The van der Waals surface area contributed by atoms with Crippen molar-refractivity contribution in [2.24, 2.45) is 0 Å². The summed E-state index contributed by atoms with van der Waals surface area (Å²) in [6.45, 7) is 2.25. The third-order valence-corrected chi connectivity index (χ3v) is 1.79. The molecule has 0 aliphatic heterocycles. The average molecular weight is 175 g/mol. The van der Waals surface area contributed by atoms with Gasteiger partial charge in [-0.15, -0.1) is 0 Å². The number of rotatable bonds is 4. The smallest absolute Gasteiger partial charge is 0.243 e. The lowest BCUT2D eigenvalue weighted by molar-refractivity contribution is -0.116. The minimum Gasteiger partial charge on any atom is -0.352 e. The Bertz CT molecular complexity index is 177. The number of carbonyl (C=O) groups is 1. The van der Waals surface area contributed by atoms with Gasteiger partial charge in [0.15, 0.2) is 0 Å². The van der Waals surface area contributed by atoms with E-state index in [1.54, 1.807) is 19.3 Å². The Morgan fingerprint density at radius 1 is 1.64 bits per heavy atom. The van der Waals surface area contributed by atoms with Crippen LogP contribution in [0.2, 0.25) is 0 Å². The predicted molar refractivity (Wildman–Crippen MR) is 46.8 cm³/mol. The molecule has 0 aliphatic rings. The van der Waals surface area contributed by atoms with Crippen LogP contribution in [0.15, 0.2) is 12.2 Å². The maximum absolute atomic E-state index is 10.7. The first-order chi connectivity index (χ1) is 5.16. The molecule has 0 heterocycles. The molecule has 0 rings (SSSR count). The van der Waals surface area contributed by atoms with Gasteiger partial charge in [0.05, 0.1) is 0 Å². The van der Waals surface area contributed by atoms with Crippen molar-refractivity contribution in [3.63, 3.8) is 0 Å². The zero-order valence-corrected chi connectivity index (χ0v) is 7.61. The lowest BCUT2D eigenvalue weighted by Crippen LogP contribution is -2.25. The lowest BCUT2D eigenvalue weighted by Gasteiger charge is -1.98. The summed E-state index contributed by atoms with van der Waals surface area (Å²) in [4.78, 5) is 10.7. The fourth-order valence-electron chi connectivity index (χ4n) is 0.528. The van der Waals surface area contributed by atoms with Crippen molar-refractivity contribution in [1.82, 2.24) is 5.32 Å². The van der Waals surface area contributed by atoms with Crippen LogP contribution in [0.4, 0.5) is 0 Å². The second-order valence-corrected chi connectivity index (χ2v) is 3.62. The van der Waals surface area contributed by atoms with Gasteiger partial charge in [-0.2, -0.15) is 0 Å². The molecule has 1 N–H and O–H groups in total. The van der Waals surface area contributed by atoms with Crippen LogP contribution < -0.4 is 5.32 Å². The van der Waals surface area contributed by atoms with Crippen LogP contribution in [0.25, 0.3) is 0 Å². The molecule has 0 radical (unpaired) electrons. The van der Waals surface area contributed by atoms with E-state index in [1.807, 2.05) is 0 Å². The van der Waals surface area contributed by atoms with Gasteiger partial charge in [-0.3, -0.25) is 9.00 Å². The molecule has 11 heavy (non-hydrogen) atoms. The van der Waals surface area contributed by atoms with Crippen LogP contribution in [0.5, 0.6) is 0 Å². The normalized spacial score (nSPS) is 13.3. The summed E-state index contributed by atoms with van der Waals surface area (Å²) in [5.74, 6) is 0.390. The summed E-state index contributed by atoms with van der Waals surface area (Å²) in [5, 5.41) is 2.60. The molecule has 1 atom stereocenters. The summed E-state index contributed by atoms with van der Waals surface area (Å²) in [5.41, 5.74) is 0. The molecule has 0 aliphatic carbocycles. The van der Waals surface area contributed by atoms with Crippen LogP contribution in [-0.4, -0.2) is 28.7 Å². The maximum atomic E-state index is 10.7. The van der Waals surface area contributed by atoms with Gasteiger partial charge < -0.3 is 5.32 Å². The molecule has 0 saturated carbocycles. The Hall–Kier alpha value is -0.640. The van der Waals surface area contributed by atoms with Crippen LogP contribution in [-0.2, 0) is 15.6 Å². The van der Waals surface area contributed by atoms with Gasteiger partial charge in [-0.05, 0) is 13.0 Å². The first-order valence-corrected chi connectivity index (χ1v) is 5.10. The van der Waals surface area contributed by atoms with Gasteiger partial charge >= 0.3 is 0 Å². The number of hydrogen-bond donors (Lipinski definition) is 1. The molecule has 0 aromatic carbocycles. The Morgan fingerprint density at radius 2 is 2.27 bits per heavy atom. The second-order valence-electron chi connectivity index (χ2n) is 2.07. The van der Waals surface area contributed by atoms with Gasteiger partial charge in [0.25, 0.3) is 0 Å². The van der Waals surface area contributed by atoms with Crippen LogP contribution in [0, 0.1) is 0 Å². The summed E-state index contributed by atoms with van der Waals surface area (Å²) >= 11 is 0. The first kappa shape index (κ1) is 10.4. The number of amides is 1. The zero-order chi connectivity index (χ0) is 8.69. The van der Waals surface area contributed by atoms with E-state index in [1.165, 1.54) is 6.08 Å². The van der Waals surface area contributed by atoms with Crippen molar-refractivity contribution < 1.29 is 9.00 Å². The van der Waals surface area contributed by atoms with Crippen molar-refractivity contribution in [1.29, 1.82) is 0 Å². The molecule has 0 spiro atoms. The Balaban J connectivity index is 3.39. The predicted octanol–water partition coefficient (Wildman–Crippen LogP) is 0.0572. The van der Waals surface area contributed by atoms with Gasteiger partial charge in [0.1, 0.15) is 0 Å². The molecule has 1 unspecified atom stereocenters. The lowest BCUT2D eigenvalue weighted by atomic mass is 10.5. The molecule has 64 valence electrons. The molecular formula is C7H13NO2S. The Labute approximate surface area is 69.3 Å². The van der Waals surface area contributed by atoms with Gasteiger partial charge in [-0.1, -0.05) is 6.08 Å². The van der Waals surface area contributed by atoms with Crippen LogP contribution >= 0.6 is 0 Å². The molecule has 0 aromatic heterocycles. The highest BCUT2D eigenvalue weighted by molar-refractivity contribution is 7.84. The molecule has 0 bridgehead atoms. The van der Waals surface area contributed by atoms with Gasteiger partial charge in [0, 0.05) is 29.4 Å². The van der Waals surface area contributed by atoms with Crippen LogP contribution in [0.1, 0.15) is 6.92 Å².